The molecule has 0 aliphatic rings. The molecule has 1 amide bonds. The number of halogens is 1. The van der Waals surface area contributed by atoms with E-state index >= 15 is 0 Å². The zero-order valence-corrected chi connectivity index (χ0v) is 16.2. The van der Waals surface area contributed by atoms with Crippen molar-refractivity contribution in [2.24, 2.45) is 0 Å². The van der Waals surface area contributed by atoms with Gasteiger partial charge < -0.3 is 9.88 Å². The van der Waals surface area contributed by atoms with E-state index in [1.54, 1.807) is 30.6 Å². The number of hydrogen-bond donors (Lipinski definition) is 1. The molecule has 0 aliphatic carbocycles. The van der Waals surface area contributed by atoms with E-state index in [1.165, 1.54) is 6.07 Å². The lowest BCUT2D eigenvalue weighted by Crippen LogP contribution is -2.28. The van der Waals surface area contributed by atoms with Gasteiger partial charge in [0, 0.05) is 11.1 Å². The Bertz CT molecular complexity index is 1140. The van der Waals surface area contributed by atoms with Gasteiger partial charge in [-0.3, -0.25) is 4.79 Å². The molecule has 0 bridgehead atoms. The summed E-state index contributed by atoms with van der Waals surface area (Å²) in [7, 11) is 0. The van der Waals surface area contributed by atoms with Gasteiger partial charge in [-0.05, 0) is 36.2 Å². The Morgan fingerprint density at radius 1 is 1.07 bits per heavy atom. The first kappa shape index (κ1) is 18.9. The molecule has 1 N–H and O–H groups in total. The average Bonchev–Trinajstić information content (AvgIpc) is 3.16. The van der Waals surface area contributed by atoms with E-state index in [9.17, 15) is 9.18 Å². The van der Waals surface area contributed by atoms with E-state index < -0.39 is 0 Å². The number of nitrogens with zero attached hydrogens (tertiary/aromatic N) is 2. The summed E-state index contributed by atoms with van der Waals surface area (Å²) in [4.78, 5) is 17.2. The molecule has 0 saturated carbocycles. The smallest absolute Gasteiger partial charge is 0.251 e. The van der Waals surface area contributed by atoms with Crippen molar-refractivity contribution in [1.29, 1.82) is 0 Å². The first-order chi connectivity index (χ1) is 14.2. The molecule has 1 heterocycles. The Morgan fingerprint density at radius 2 is 1.83 bits per heavy atom. The van der Waals surface area contributed by atoms with Crippen molar-refractivity contribution in [2.75, 3.05) is 0 Å². The molecule has 3 aromatic carbocycles. The Kier molecular flexibility index (Phi) is 5.38. The van der Waals surface area contributed by atoms with E-state index in [1.807, 2.05) is 54.0 Å². The Balaban J connectivity index is 1.55. The van der Waals surface area contributed by atoms with Crippen LogP contribution in [0.5, 0.6) is 0 Å². The molecule has 0 radical (unpaired) electrons. The quantitative estimate of drug-likeness (QED) is 0.500. The van der Waals surface area contributed by atoms with E-state index in [0.717, 1.165) is 17.5 Å². The number of aromatic nitrogens is 2. The van der Waals surface area contributed by atoms with Crippen molar-refractivity contribution in [3.8, 4) is 0 Å². The van der Waals surface area contributed by atoms with Crippen LogP contribution in [-0.2, 0) is 6.54 Å². The third kappa shape index (κ3) is 4.04. The van der Waals surface area contributed by atoms with Crippen molar-refractivity contribution in [1.82, 2.24) is 14.9 Å². The number of benzene rings is 3. The van der Waals surface area contributed by atoms with Crippen LogP contribution in [0.4, 0.5) is 4.39 Å². The summed E-state index contributed by atoms with van der Waals surface area (Å²) >= 11 is 0. The number of hydrogen-bond acceptors (Lipinski definition) is 2. The maximum absolute atomic E-state index is 14.0. The number of carbonyl (C=O) groups excluding carboxylic acids is 1. The number of nitrogens with one attached hydrogen (secondary N) is 1. The molecule has 0 saturated heterocycles. The van der Waals surface area contributed by atoms with Crippen LogP contribution in [0, 0.1) is 5.82 Å². The summed E-state index contributed by atoms with van der Waals surface area (Å²) in [6.07, 6.45) is 2.48. The van der Waals surface area contributed by atoms with E-state index in [-0.39, 0.29) is 17.8 Å². The molecule has 4 aromatic rings. The van der Waals surface area contributed by atoms with Gasteiger partial charge in [0.1, 0.15) is 5.82 Å². The summed E-state index contributed by atoms with van der Waals surface area (Å²) < 4.78 is 15.8. The molecule has 146 valence electrons. The third-order valence-corrected chi connectivity index (χ3v) is 5.10. The van der Waals surface area contributed by atoms with Crippen LogP contribution in [0.2, 0.25) is 0 Å². The monoisotopic (exact) mass is 387 g/mol. The minimum atomic E-state index is -0.239. The van der Waals surface area contributed by atoms with Crippen LogP contribution in [0.1, 0.15) is 40.9 Å². The normalized spacial score (nSPS) is 12.1. The highest BCUT2D eigenvalue weighted by atomic mass is 19.1. The second-order valence-corrected chi connectivity index (χ2v) is 7.01. The summed E-state index contributed by atoms with van der Waals surface area (Å²) in [5, 5.41) is 3.09. The maximum Gasteiger partial charge on any atom is 0.251 e. The van der Waals surface area contributed by atoms with E-state index in [4.69, 9.17) is 0 Å². The number of carbonyl (C=O) groups is 1. The molecule has 0 spiro atoms. The fourth-order valence-electron chi connectivity index (χ4n) is 3.49. The summed E-state index contributed by atoms with van der Waals surface area (Å²) in [5.41, 5.74) is 3.81. The van der Waals surface area contributed by atoms with Gasteiger partial charge in [0.05, 0.1) is 29.9 Å². The van der Waals surface area contributed by atoms with Gasteiger partial charge in [-0.15, -0.1) is 0 Å². The fourth-order valence-corrected chi connectivity index (χ4v) is 3.49. The summed E-state index contributed by atoms with van der Waals surface area (Å²) in [6.45, 7) is 2.44. The molecule has 0 fully saturated rings. The van der Waals surface area contributed by atoms with Crippen molar-refractivity contribution < 1.29 is 9.18 Å². The molecule has 1 atom stereocenters. The molecular weight excluding hydrogens is 365 g/mol. The fraction of sp³-hybridized carbons (Fsp3) is 0.167. The molecule has 5 heteroatoms. The highest BCUT2D eigenvalue weighted by Gasteiger charge is 2.15. The molecule has 0 aliphatic heterocycles. The van der Waals surface area contributed by atoms with Gasteiger partial charge in [0.25, 0.3) is 5.91 Å². The highest BCUT2D eigenvalue weighted by Crippen LogP contribution is 2.20. The van der Waals surface area contributed by atoms with Gasteiger partial charge >= 0.3 is 0 Å². The number of imidazole rings is 1. The van der Waals surface area contributed by atoms with Crippen LogP contribution in [-0.4, -0.2) is 15.5 Å². The second kappa shape index (κ2) is 8.27. The third-order valence-electron chi connectivity index (χ3n) is 5.10. The number of amides is 1. The lowest BCUT2D eigenvalue weighted by Gasteiger charge is -2.17. The first-order valence-electron chi connectivity index (χ1n) is 9.70. The van der Waals surface area contributed by atoms with Gasteiger partial charge in [0.15, 0.2) is 0 Å². The predicted molar refractivity (Wildman–Crippen MR) is 112 cm³/mol. The van der Waals surface area contributed by atoms with Gasteiger partial charge in [-0.25, -0.2) is 9.37 Å². The molecule has 1 aromatic heterocycles. The van der Waals surface area contributed by atoms with Crippen LogP contribution in [0.15, 0.2) is 79.1 Å². The minimum absolute atomic E-state index is 0.0435. The SMILES string of the molecule is CC[C@@H](NC(=O)c1ccc2c(c1)ncn2Cc1ccccc1F)c1ccccc1. The van der Waals surface area contributed by atoms with E-state index in [0.29, 0.717) is 23.2 Å². The van der Waals surface area contributed by atoms with Crippen LogP contribution in [0.3, 0.4) is 0 Å². The Hall–Kier alpha value is -3.47. The molecule has 4 nitrogen and oxygen atoms in total. The lowest BCUT2D eigenvalue weighted by atomic mass is 10.0. The largest absolute Gasteiger partial charge is 0.345 e. The molecular formula is C24H22FN3O. The number of rotatable bonds is 6. The van der Waals surface area contributed by atoms with Crippen molar-refractivity contribution in [2.45, 2.75) is 25.9 Å². The van der Waals surface area contributed by atoms with Gasteiger partial charge in [-0.2, -0.15) is 0 Å². The zero-order valence-electron chi connectivity index (χ0n) is 16.2. The van der Waals surface area contributed by atoms with Gasteiger partial charge in [-0.1, -0.05) is 55.5 Å². The van der Waals surface area contributed by atoms with E-state index in [2.05, 4.69) is 10.3 Å². The van der Waals surface area contributed by atoms with Gasteiger partial charge in [0.2, 0.25) is 0 Å². The van der Waals surface area contributed by atoms with Crippen molar-refractivity contribution >= 4 is 16.9 Å². The minimum Gasteiger partial charge on any atom is -0.345 e. The zero-order chi connectivity index (χ0) is 20.2. The molecule has 4 rings (SSSR count). The maximum atomic E-state index is 14.0. The topological polar surface area (TPSA) is 46.9 Å². The van der Waals surface area contributed by atoms with Crippen molar-refractivity contribution in [3.63, 3.8) is 0 Å². The van der Waals surface area contributed by atoms with Crippen LogP contribution < -0.4 is 5.32 Å². The van der Waals surface area contributed by atoms with Crippen molar-refractivity contribution in [3.05, 3.63) is 102 Å². The predicted octanol–water partition coefficient (Wildman–Crippen LogP) is 5.10. The van der Waals surface area contributed by atoms with Crippen LogP contribution in [0.25, 0.3) is 11.0 Å². The highest BCUT2D eigenvalue weighted by molar-refractivity contribution is 5.97. The second-order valence-electron chi connectivity index (χ2n) is 7.01. The Labute approximate surface area is 169 Å². The number of fused-ring (bicyclic) bond motifs is 1. The average molecular weight is 387 g/mol. The lowest BCUT2D eigenvalue weighted by molar-refractivity contribution is 0.0935. The molecule has 29 heavy (non-hydrogen) atoms. The first-order valence-corrected chi connectivity index (χ1v) is 9.70. The molecule has 0 unspecified atom stereocenters. The standard InChI is InChI=1S/C24H22FN3O/c1-2-21(17-8-4-3-5-9-17)27-24(29)18-12-13-23-22(14-18)26-16-28(23)15-19-10-6-7-11-20(19)25/h3-14,16,21H,2,15H2,1H3,(H,27,29)/t21-/m1/s1. The Morgan fingerprint density at radius 3 is 2.59 bits per heavy atom. The summed E-state index contributed by atoms with van der Waals surface area (Å²) in [6, 6.07) is 22.0. The summed E-state index contributed by atoms with van der Waals surface area (Å²) in [5.74, 6) is -0.372. The van der Waals surface area contributed by atoms with Crippen LogP contribution >= 0.6 is 0 Å².